The first-order valence-electron chi connectivity index (χ1n) is 10.2. The summed E-state index contributed by atoms with van der Waals surface area (Å²) in [5.41, 5.74) is 0.281. The molecule has 2 rings (SSSR count). The fraction of sp³-hybridized carbons (Fsp3) is 0.478. The van der Waals surface area contributed by atoms with Crippen LogP contribution in [-0.4, -0.2) is 52.0 Å². The van der Waals surface area contributed by atoms with Crippen molar-refractivity contribution in [3.05, 3.63) is 41.5 Å². The number of esters is 1. The number of unbranched alkanes of at least 4 members (excludes halogenated alkanes) is 1. The average Bonchev–Trinajstić information content (AvgIpc) is 2.71. The predicted octanol–water partition coefficient (Wildman–Crippen LogP) is 3.02. The molecule has 0 aromatic heterocycles. The first-order valence-corrected chi connectivity index (χ1v) is 10.2. The van der Waals surface area contributed by atoms with Crippen LogP contribution in [0.4, 0.5) is 0 Å². The fourth-order valence-corrected chi connectivity index (χ4v) is 2.90. The van der Waals surface area contributed by atoms with Crippen LogP contribution in [-0.2, 0) is 9.53 Å². The highest BCUT2D eigenvalue weighted by molar-refractivity contribution is 5.98. The van der Waals surface area contributed by atoms with Crippen LogP contribution in [0.1, 0.15) is 56.0 Å². The molecule has 0 radical (unpaired) electrons. The lowest BCUT2D eigenvalue weighted by molar-refractivity contribution is -0.127. The van der Waals surface area contributed by atoms with Crippen molar-refractivity contribution in [2.75, 3.05) is 6.61 Å². The maximum atomic E-state index is 12.9. The quantitative estimate of drug-likeness (QED) is 0.509. The maximum Gasteiger partial charge on any atom is 0.342 e. The maximum absolute atomic E-state index is 12.9. The van der Waals surface area contributed by atoms with Gasteiger partial charge < -0.3 is 24.8 Å². The number of hydrogen-bond donors (Lipinski definition) is 3. The lowest BCUT2D eigenvalue weighted by Crippen LogP contribution is -2.32. The van der Waals surface area contributed by atoms with Gasteiger partial charge in [0.25, 0.3) is 0 Å². The molecule has 1 aliphatic rings. The Balaban J connectivity index is 2.50. The summed E-state index contributed by atoms with van der Waals surface area (Å²) in [4.78, 5) is 24.9. The second-order valence-electron chi connectivity index (χ2n) is 7.45. The Kier molecular flexibility index (Phi) is 8.62. The first-order chi connectivity index (χ1) is 14.3. The van der Waals surface area contributed by atoms with Gasteiger partial charge in [-0.05, 0) is 38.0 Å². The van der Waals surface area contributed by atoms with Gasteiger partial charge in [-0.15, -0.1) is 0 Å². The van der Waals surface area contributed by atoms with Crippen molar-refractivity contribution >= 4 is 17.8 Å². The summed E-state index contributed by atoms with van der Waals surface area (Å²) >= 11 is 0. The monoisotopic (exact) mass is 418 g/mol. The molecule has 1 aromatic carbocycles. The standard InChI is InChI=1S/C23H30O7/c1-4-5-13-29-20-12-11-17(24)21-16(20)7-6-8-18(25)22(27)19(26)10-9-14(2)15(3)30-23(21)28/h6-7,9-12,14-15,18,22,24-25,27H,4-5,8,13H2,1-3H3/b7-6+,10-9-/t14-,15+,18+,22+/m1/s1. The van der Waals surface area contributed by atoms with E-state index in [1.165, 1.54) is 30.4 Å². The van der Waals surface area contributed by atoms with E-state index in [2.05, 4.69) is 0 Å². The van der Waals surface area contributed by atoms with Gasteiger partial charge in [0.05, 0.1) is 12.7 Å². The van der Waals surface area contributed by atoms with Gasteiger partial charge in [0.2, 0.25) is 0 Å². The van der Waals surface area contributed by atoms with E-state index < -0.39 is 30.1 Å². The van der Waals surface area contributed by atoms with Crippen molar-refractivity contribution in [2.45, 2.75) is 58.3 Å². The van der Waals surface area contributed by atoms with Crippen molar-refractivity contribution < 1.29 is 34.4 Å². The topological polar surface area (TPSA) is 113 Å². The molecule has 0 saturated heterocycles. The molecule has 0 bridgehead atoms. The number of phenolic OH excluding ortho intramolecular Hbond substituents is 1. The highest BCUT2D eigenvalue weighted by Gasteiger charge is 2.26. The molecule has 0 saturated carbocycles. The zero-order valence-corrected chi connectivity index (χ0v) is 17.6. The number of rotatable bonds is 4. The third-order valence-electron chi connectivity index (χ3n) is 5.06. The Morgan fingerprint density at radius 1 is 1.17 bits per heavy atom. The molecule has 1 aromatic rings. The summed E-state index contributed by atoms with van der Waals surface area (Å²) in [5, 5.41) is 30.6. The number of aliphatic hydroxyl groups is 2. The Bertz CT molecular complexity index is 812. The van der Waals surface area contributed by atoms with Crippen LogP contribution in [0.5, 0.6) is 11.5 Å². The van der Waals surface area contributed by atoms with E-state index in [9.17, 15) is 24.9 Å². The Hall–Kier alpha value is -2.64. The fourth-order valence-electron chi connectivity index (χ4n) is 2.90. The molecule has 7 nitrogen and oxygen atoms in total. The third-order valence-corrected chi connectivity index (χ3v) is 5.06. The number of ether oxygens (including phenoxy) is 2. The summed E-state index contributed by atoms with van der Waals surface area (Å²) in [6.45, 7) is 5.88. The van der Waals surface area contributed by atoms with E-state index in [1.807, 2.05) is 6.92 Å². The molecule has 0 aliphatic carbocycles. The van der Waals surface area contributed by atoms with Crippen molar-refractivity contribution in [3.8, 4) is 11.5 Å². The van der Waals surface area contributed by atoms with Crippen molar-refractivity contribution in [3.63, 3.8) is 0 Å². The van der Waals surface area contributed by atoms with E-state index >= 15 is 0 Å². The molecular formula is C23H30O7. The zero-order chi connectivity index (χ0) is 22.3. The summed E-state index contributed by atoms with van der Waals surface area (Å²) < 4.78 is 11.3. The van der Waals surface area contributed by atoms with Crippen LogP contribution in [0.2, 0.25) is 0 Å². The minimum atomic E-state index is -1.57. The predicted molar refractivity (Wildman–Crippen MR) is 112 cm³/mol. The molecule has 30 heavy (non-hydrogen) atoms. The van der Waals surface area contributed by atoms with E-state index in [-0.39, 0.29) is 23.7 Å². The zero-order valence-electron chi connectivity index (χ0n) is 17.6. The number of carbonyl (C=O) groups is 2. The molecular weight excluding hydrogens is 388 g/mol. The smallest absolute Gasteiger partial charge is 0.342 e. The second-order valence-corrected chi connectivity index (χ2v) is 7.45. The number of aromatic hydroxyl groups is 1. The number of hydrogen-bond acceptors (Lipinski definition) is 7. The van der Waals surface area contributed by atoms with Gasteiger partial charge in [0.15, 0.2) is 5.78 Å². The summed E-state index contributed by atoms with van der Waals surface area (Å²) in [7, 11) is 0. The minimum Gasteiger partial charge on any atom is -0.507 e. The molecule has 0 spiro atoms. The molecule has 0 fully saturated rings. The molecule has 0 amide bonds. The molecule has 1 heterocycles. The number of phenols is 1. The lowest BCUT2D eigenvalue weighted by atomic mass is 9.99. The molecule has 7 heteroatoms. The third kappa shape index (κ3) is 5.93. The van der Waals surface area contributed by atoms with Crippen LogP contribution in [0.25, 0.3) is 6.08 Å². The number of carbonyl (C=O) groups excluding carboxylic acids is 2. The van der Waals surface area contributed by atoms with Crippen LogP contribution < -0.4 is 4.74 Å². The van der Waals surface area contributed by atoms with Gasteiger partial charge in [-0.2, -0.15) is 0 Å². The Morgan fingerprint density at radius 3 is 2.60 bits per heavy atom. The van der Waals surface area contributed by atoms with Crippen LogP contribution in [0.15, 0.2) is 30.4 Å². The van der Waals surface area contributed by atoms with Gasteiger partial charge in [-0.3, -0.25) is 4.79 Å². The highest BCUT2D eigenvalue weighted by Crippen LogP contribution is 2.33. The lowest BCUT2D eigenvalue weighted by Gasteiger charge is -2.21. The molecule has 1 aliphatic heterocycles. The summed E-state index contributed by atoms with van der Waals surface area (Å²) in [6.07, 6.45) is 3.96. The largest absolute Gasteiger partial charge is 0.507 e. The van der Waals surface area contributed by atoms with Crippen LogP contribution in [0, 0.1) is 5.92 Å². The van der Waals surface area contributed by atoms with Gasteiger partial charge in [0, 0.05) is 11.5 Å². The van der Waals surface area contributed by atoms with E-state index in [0.717, 1.165) is 12.8 Å². The Labute approximate surface area is 176 Å². The van der Waals surface area contributed by atoms with Crippen molar-refractivity contribution in [1.82, 2.24) is 0 Å². The number of aliphatic hydroxyl groups excluding tert-OH is 2. The molecule has 4 atom stereocenters. The second kappa shape index (κ2) is 10.9. The van der Waals surface area contributed by atoms with Gasteiger partial charge in [-0.25, -0.2) is 4.79 Å². The van der Waals surface area contributed by atoms with Gasteiger partial charge >= 0.3 is 5.97 Å². The van der Waals surface area contributed by atoms with E-state index in [0.29, 0.717) is 17.9 Å². The van der Waals surface area contributed by atoms with Crippen LogP contribution >= 0.6 is 0 Å². The van der Waals surface area contributed by atoms with Crippen molar-refractivity contribution in [1.29, 1.82) is 0 Å². The molecule has 164 valence electrons. The summed E-state index contributed by atoms with van der Waals surface area (Å²) in [5.74, 6) is -1.54. The molecule has 0 unspecified atom stereocenters. The Morgan fingerprint density at radius 2 is 1.90 bits per heavy atom. The van der Waals surface area contributed by atoms with E-state index in [4.69, 9.17) is 9.47 Å². The average molecular weight is 418 g/mol. The highest BCUT2D eigenvalue weighted by atomic mass is 16.5. The summed E-state index contributed by atoms with van der Waals surface area (Å²) in [6, 6.07) is 2.94. The number of benzene rings is 1. The van der Waals surface area contributed by atoms with Crippen molar-refractivity contribution in [2.24, 2.45) is 5.92 Å². The SMILES string of the molecule is CCCCOc1ccc(O)c2c1/C=C/C[C@H](O)[C@H](O)C(=O)/C=C\[C@@H](C)[C@H](C)OC2=O. The van der Waals surface area contributed by atoms with Gasteiger partial charge in [0.1, 0.15) is 29.3 Å². The normalized spacial score (nSPS) is 27.5. The van der Waals surface area contributed by atoms with Crippen LogP contribution in [0.3, 0.4) is 0 Å². The van der Waals surface area contributed by atoms with Gasteiger partial charge in [-0.1, -0.05) is 38.5 Å². The minimum absolute atomic E-state index is 0.0357. The number of cyclic esters (lactones) is 1. The number of ketones is 1. The molecule has 3 N–H and O–H groups in total. The van der Waals surface area contributed by atoms with E-state index in [1.54, 1.807) is 19.9 Å². The first kappa shape index (κ1) is 23.6. The number of fused-ring (bicyclic) bond motifs is 1.